The van der Waals surface area contributed by atoms with E-state index < -0.39 is 7.59 Å². The molecule has 4 fully saturated rings. The van der Waals surface area contributed by atoms with Crippen molar-refractivity contribution in [3.63, 3.8) is 0 Å². The average molecular weight is 269 g/mol. The van der Waals surface area contributed by atoms with Crippen LogP contribution in [-0.4, -0.2) is 52.3 Å². The molecule has 0 amide bonds. The van der Waals surface area contributed by atoms with Gasteiger partial charge in [-0.15, -0.1) is 0 Å². The summed E-state index contributed by atoms with van der Waals surface area (Å²) in [5.74, 6) is 0. The van der Waals surface area contributed by atoms with Crippen LogP contribution in [0.5, 0.6) is 0 Å². The van der Waals surface area contributed by atoms with Gasteiger partial charge in [-0.1, -0.05) is 6.42 Å². The minimum absolute atomic E-state index is 0.611. The Morgan fingerprint density at radius 3 is 1.83 bits per heavy atom. The van der Waals surface area contributed by atoms with Crippen molar-refractivity contribution in [2.45, 2.75) is 57.0 Å². The number of piperidine rings is 1. The lowest BCUT2D eigenvalue weighted by Crippen LogP contribution is -2.36. The molecule has 102 valence electrons. The summed E-state index contributed by atoms with van der Waals surface area (Å²) in [7, 11) is -2.35. The van der Waals surface area contributed by atoms with Crippen molar-refractivity contribution in [2.75, 3.05) is 26.2 Å². The molecule has 0 N–H and O–H groups in total. The molecule has 2 atom stereocenters. The van der Waals surface area contributed by atoms with E-state index >= 15 is 0 Å². The summed E-state index contributed by atoms with van der Waals surface area (Å²) in [6.07, 6.45) is 8.86. The van der Waals surface area contributed by atoms with Gasteiger partial charge in [0.15, 0.2) is 0 Å². The van der Waals surface area contributed by atoms with E-state index in [2.05, 4.69) is 14.0 Å². The predicted molar refractivity (Wildman–Crippen MR) is 72.5 cm³/mol. The van der Waals surface area contributed by atoms with Crippen molar-refractivity contribution in [3.8, 4) is 0 Å². The first-order valence-electron chi connectivity index (χ1n) is 7.71. The summed E-state index contributed by atoms with van der Waals surface area (Å²) in [6, 6.07) is 1.22. The van der Waals surface area contributed by atoms with E-state index in [0.717, 1.165) is 26.2 Å². The molecule has 0 aromatic heterocycles. The van der Waals surface area contributed by atoms with E-state index in [1.807, 2.05) is 0 Å². The van der Waals surface area contributed by atoms with E-state index in [-0.39, 0.29) is 0 Å². The molecule has 5 heteroatoms. The summed E-state index contributed by atoms with van der Waals surface area (Å²) in [4.78, 5) is 0. The monoisotopic (exact) mass is 269 g/mol. The van der Waals surface area contributed by atoms with Crippen LogP contribution >= 0.6 is 7.59 Å². The van der Waals surface area contributed by atoms with Gasteiger partial charge in [0.05, 0.1) is 0 Å². The van der Waals surface area contributed by atoms with Gasteiger partial charge in [0.2, 0.25) is 0 Å². The minimum atomic E-state index is -2.35. The van der Waals surface area contributed by atoms with E-state index in [0.29, 0.717) is 12.1 Å². The molecule has 0 saturated carbocycles. The normalized spacial score (nSPS) is 41.1. The molecular weight excluding hydrogens is 245 g/mol. The summed E-state index contributed by atoms with van der Waals surface area (Å²) in [6.45, 7) is 4.27. The van der Waals surface area contributed by atoms with Crippen molar-refractivity contribution >= 4 is 7.59 Å². The lowest BCUT2D eigenvalue weighted by atomic mass is 10.1. The van der Waals surface area contributed by atoms with Crippen LogP contribution in [0.15, 0.2) is 0 Å². The first-order chi connectivity index (χ1) is 8.82. The van der Waals surface area contributed by atoms with Gasteiger partial charge in [-0.25, -0.2) is 14.0 Å². The highest BCUT2D eigenvalue weighted by Crippen LogP contribution is 2.68. The largest absolute Gasteiger partial charge is 0.287 e. The molecule has 0 unspecified atom stereocenters. The number of hydrogen-bond acceptors (Lipinski definition) is 1. The first-order valence-corrected chi connectivity index (χ1v) is 9.28. The van der Waals surface area contributed by atoms with Gasteiger partial charge in [0, 0.05) is 38.3 Å². The van der Waals surface area contributed by atoms with Crippen LogP contribution in [0.4, 0.5) is 0 Å². The fraction of sp³-hybridized carbons (Fsp3) is 1.00. The average Bonchev–Trinajstić information content (AvgIpc) is 3.09. The summed E-state index contributed by atoms with van der Waals surface area (Å²) in [5.41, 5.74) is 0. The molecular formula is C13H24N3OP. The highest BCUT2D eigenvalue weighted by atomic mass is 31.2. The Morgan fingerprint density at radius 1 is 0.722 bits per heavy atom. The van der Waals surface area contributed by atoms with Crippen LogP contribution in [0, 0.1) is 0 Å². The van der Waals surface area contributed by atoms with Gasteiger partial charge in [0.1, 0.15) is 0 Å². The molecule has 4 rings (SSSR count). The Hall–Kier alpha value is 0.110. The molecule has 4 heterocycles. The molecule has 4 saturated heterocycles. The summed E-state index contributed by atoms with van der Waals surface area (Å²) >= 11 is 0. The third-order valence-corrected chi connectivity index (χ3v) is 8.82. The van der Waals surface area contributed by atoms with Crippen molar-refractivity contribution in [2.24, 2.45) is 0 Å². The first kappa shape index (κ1) is 11.9. The Morgan fingerprint density at radius 2 is 1.28 bits per heavy atom. The van der Waals surface area contributed by atoms with Crippen LogP contribution in [0.1, 0.15) is 44.9 Å². The number of nitrogens with zero attached hydrogens (tertiary/aromatic N) is 3. The van der Waals surface area contributed by atoms with Gasteiger partial charge in [-0.2, -0.15) is 0 Å². The molecule has 0 spiro atoms. The number of rotatable bonds is 1. The Balaban J connectivity index is 1.70. The second-order valence-electron chi connectivity index (χ2n) is 6.27. The molecule has 0 bridgehead atoms. The van der Waals surface area contributed by atoms with Crippen molar-refractivity contribution in [3.05, 3.63) is 0 Å². The van der Waals surface area contributed by atoms with Gasteiger partial charge >= 0.3 is 0 Å². The maximum Gasteiger partial charge on any atom is 0.287 e. The van der Waals surface area contributed by atoms with Crippen LogP contribution < -0.4 is 0 Å². The highest BCUT2D eigenvalue weighted by Gasteiger charge is 2.59. The van der Waals surface area contributed by atoms with Crippen LogP contribution in [0.25, 0.3) is 0 Å². The van der Waals surface area contributed by atoms with E-state index in [1.54, 1.807) is 0 Å². The zero-order valence-corrected chi connectivity index (χ0v) is 12.0. The maximum absolute atomic E-state index is 13.8. The Kier molecular flexibility index (Phi) is 2.85. The molecule has 4 aliphatic heterocycles. The molecule has 0 aliphatic carbocycles. The highest BCUT2D eigenvalue weighted by molar-refractivity contribution is 7.57. The molecule has 18 heavy (non-hydrogen) atoms. The van der Waals surface area contributed by atoms with Crippen molar-refractivity contribution < 1.29 is 4.57 Å². The van der Waals surface area contributed by atoms with Crippen LogP contribution in [-0.2, 0) is 4.57 Å². The fourth-order valence-electron chi connectivity index (χ4n) is 4.59. The molecule has 4 aliphatic rings. The Bertz CT molecular complexity index is 358. The van der Waals surface area contributed by atoms with Crippen LogP contribution in [0.2, 0.25) is 0 Å². The quantitative estimate of drug-likeness (QED) is 0.683. The van der Waals surface area contributed by atoms with Gasteiger partial charge in [0.25, 0.3) is 7.59 Å². The number of fused-ring (bicyclic) bond motifs is 3. The van der Waals surface area contributed by atoms with Gasteiger partial charge < -0.3 is 0 Å². The molecule has 0 aromatic rings. The van der Waals surface area contributed by atoms with Crippen molar-refractivity contribution in [1.29, 1.82) is 0 Å². The smallest absolute Gasteiger partial charge is 0.270 e. The second-order valence-corrected chi connectivity index (χ2v) is 8.89. The van der Waals surface area contributed by atoms with Crippen LogP contribution in [0.3, 0.4) is 0 Å². The third-order valence-electron chi connectivity index (χ3n) is 5.35. The summed E-state index contributed by atoms with van der Waals surface area (Å²) < 4.78 is 21.0. The second kappa shape index (κ2) is 4.31. The van der Waals surface area contributed by atoms with E-state index in [4.69, 9.17) is 0 Å². The minimum Gasteiger partial charge on any atom is -0.270 e. The van der Waals surface area contributed by atoms with E-state index in [1.165, 1.54) is 44.9 Å². The Labute approximate surface area is 110 Å². The van der Waals surface area contributed by atoms with Crippen molar-refractivity contribution in [1.82, 2.24) is 14.0 Å². The predicted octanol–water partition coefficient (Wildman–Crippen LogP) is 2.52. The lowest BCUT2D eigenvalue weighted by molar-refractivity contribution is 0.293. The van der Waals surface area contributed by atoms with Gasteiger partial charge in [-0.3, -0.25) is 4.57 Å². The molecule has 0 aromatic carbocycles. The maximum atomic E-state index is 13.8. The molecule has 4 nitrogen and oxygen atoms in total. The SMILES string of the molecule is O=P1(N2CCCCC2)N2CCC[C@@H]2[C@H]2CCCN21. The summed E-state index contributed by atoms with van der Waals surface area (Å²) in [5, 5.41) is 0. The zero-order chi connectivity index (χ0) is 12.2. The topological polar surface area (TPSA) is 26.8 Å². The fourth-order valence-corrected chi connectivity index (χ4v) is 8.46. The zero-order valence-electron chi connectivity index (χ0n) is 11.1. The van der Waals surface area contributed by atoms with Gasteiger partial charge in [-0.05, 0) is 38.5 Å². The third kappa shape index (κ3) is 1.46. The van der Waals surface area contributed by atoms with E-state index in [9.17, 15) is 4.57 Å². The standard InChI is InChI=1S/C13H24N3OP/c17-18(14-8-2-1-3-9-14)15-10-4-6-12(15)13-7-5-11-16(13)18/h12-13H,1-11H2/t12-,13-/m1/s1. The molecule has 0 radical (unpaired) electrons. The number of hydrogen-bond donors (Lipinski definition) is 0. The lowest BCUT2D eigenvalue weighted by Gasteiger charge is -2.39.